The standard InChI is InChI=1S/C14H13NO4S/c15-8-10-1-3-11(4-2-10)20(16,17)12-5-6-13-14(7-12)19-9-18-13/h1-7H,8-9,15H2. The van der Waals surface area contributed by atoms with Crippen LogP contribution in [0.3, 0.4) is 0 Å². The van der Waals surface area contributed by atoms with Crippen LogP contribution >= 0.6 is 0 Å². The van der Waals surface area contributed by atoms with Crippen LogP contribution < -0.4 is 15.2 Å². The highest BCUT2D eigenvalue weighted by atomic mass is 32.2. The highest BCUT2D eigenvalue weighted by Gasteiger charge is 2.22. The molecule has 2 N–H and O–H groups in total. The van der Waals surface area contributed by atoms with E-state index in [1.54, 1.807) is 30.3 Å². The van der Waals surface area contributed by atoms with E-state index in [1.807, 2.05) is 0 Å². The van der Waals surface area contributed by atoms with Gasteiger partial charge in [-0.1, -0.05) is 12.1 Å². The minimum Gasteiger partial charge on any atom is -0.454 e. The Morgan fingerprint density at radius 2 is 1.60 bits per heavy atom. The van der Waals surface area contributed by atoms with Crippen LogP contribution in [-0.4, -0.2) is 15.2 Å². The van der Waals surface area contributed by atoms with Crippen molar-refractivity contribution in [2.45, 2.75) is 16.3 Å². The monoisotopic (exact) mass is 291 g/mol. The SMILES string of the molecule is NCc1ccc(S(=O)(=O)c2ccc3c(c2)OCO3)cc1. The first-order valence-corrected chi connectivity index (χ1v) is 7.53. The highest BCUT2D eigenvalue weighted by Crippen LogP contribution is 2.35. The van der Waals surface area contributed by atoms with E-state index in [2.05, 4.69) is 0 Å². The van der Waals surface area contributed by atoms with Crippen LogP contribution in [0, 0.1) is 0 Å². The van der Waals surface area contributed by atoms with Gasteiger partial charge in [-0.05, 0) is 29.8 Å². The fourth-order valence-electron chi connectivity index (χ4n) is 1.98. The Morgan fingerprint density at radius 3 is 2.30 bits per heavy atom. The molecule has 0 saturated carbocycles. The van der Waals surface area contributed by atoms with Crippen LogP contribution in [0.15, 0.2) is 52.3 Å². The van der Waals surface area contributed by atoms with Gasteiger partial charge in [-0.3, -0.25) is 0 Å². The van der Waals surface area contributed by atoms with E-state index in [0.717, 1.165) is 5.56 Å². The average molecular weight is 291 g/mol. The molecule has 1 aliphatic rings. The second-order valence-corrected chi connectivity index (χ2v) is 6.32. The highest BCUT2D eigenvalue weighted by molar-refractivity contribution is 7.91. The number of fused-ring (bicyclic) bond motifs is 1. The number of nitrogens with two attached hydrogens (primary N) is 1. The molecule has 6 heteroatoms. The lowest BCUT2D eigenvalue weighted by Gasteiger charge is -2.06. The van der Waals surface area contributed by atoms with Crippen LogP contribution in [0.4, 0.5) is 0 Å². The molecular weight excluding hydrogens is 278 g/mol. The Labute approximate surface area is 116 Å². The van der Waals surface area contributed by atoms with Crippen molar-refractivity contribution in [2.24, 2.45) is 5.73 Å². The van der Waals surface area contributed by atoms with Crippen LogP contribution in [0.25, 0.3) is 0 Å². The lowest BCUT2D eigenvalue weighted by atomic mass is 10.2. The van der Waals surface area contributed by atoms with Gasteiger partial charge in [0.15, 0.2) is 11.5 Å². The molecule has 0 saturated heterocycles. The summed E-state index contributed by atoms with van der Waals surface area (Å²) in [4.78, 5) is 0.413. The first kappa shape index (κ1) is 13.0. The number of hydrogen-bond donors (Lipinski definition) is 1. The third-order valence-electron chi connectivity index (χ3n) is 3.12. The largest absolute Gasteiger partial charge is 0.454 e. The first-order chi connectivity index (χ1) is 9.61. The fraction of sp³-hybridized carbons (Fsp3) is 0.143. The third-order valence-corrected chi connectivity index (χ3v) is 4.89. The topological polar surface area (TPSA) is 78.6 Å². The lowest BCUT2D eigenvalue weighted by Crippen LogP contribution is -2.03. The zero-order valence-electron chi connectivity index (χ0n) is 10.6. The molecule has 2 aromatic carbocycles. The normalized spacial score (nSPS) is 13.4. The molecule has 2 aromatic rings. The zero-order chi connectivity index (χ0) is 14.2. The maximum atomic E-state index is 12.5. The summed E-state index contributed by atoms with van der Waals surface area (Å²) in [5.41, 5.74) is 6.39. The fourth-order valence-corrected chi connectivity index (χ4v) is 3.26. The number of rotatable bonds is 3. The van der Waals surface area contributed by atoms with E-state index in [0.29, 0.717) is 18.0 Å². The van der Waals surface area contributed by atoms with E-state index in [-0.39, 0.29) is 16.6 Å². The molecule has 5 nitrogen and oxygen atoms in total. The Morgan fingerprint density at radius 1 is 0.950 bits per heavy atom. The van der Waals surface area contributed by atoms with Gasteiger partial charge in [0.1, 0.15) is 0 Å². The van der Waals surface area contributed by atoms with E-state index in [4.69, 9.17) is 15.2 Å². The molecule has 3 rings (SSSR count). The average Bonchev–Trinajstić information content (AvgIpc) is 2.94. The molecule has 0 fully saturated rings. The molecule has 0 bridgehead atoms. The van der Waals surface area contributed by atoms with Gasteiger partial charge in [0.2, 0.25) is 16.6 Å². The van der Waals surface area contributed by atoms with Gasteiger partial charge in [0.25, 0.3) is 0 Å². The van der Waals surface area contributed by atoms with Gasteiger partial charge in [-0.2, -0.15) is 0 Å². The summed E-state index contributed by atoms with van der Waals surface area (Å²) < 4.78 is 35.4. The van der Waals surface area contributed by atoms with Crippen molar-refractivity contribution >= 4 is 9.84 Å². The molecule has 0 aliphatic carbocycles. The Kier molecular flexibility index (Phi) is 3.11. The molecule has 0 aromatic heterocycles. The predicted octanol–water partition coefficient (Wildman–Crippen LogP) is 1.71. The number of benzene rings is 2. The second-order valence-electron chi connectivity index (χ2n) is 4.37. The summed E-state index contributed by atoms with van der Waals surface area (Å²) in [5, 5.41) is 0. The van der Waals surface area contributed by atoms with Crippen LogP contribution in [0.5, 0.6) is 11.5 Å². The van der Waals surface area contributed by atoms with Crippen molar-refractivity contribution in [1.29, 1.82) is 0 Å². The van der Waals surface area contributed by atoms with Crippen LogP contribution in [0.2, 0.25) is 0 Å². The van der Waals surface area contributed by atoms with Crippen molar-refractivity contribution < 1.29 is 17.9 Å². The Balaban J connectivity index is 2.02. The minimum atomic E-state index is -3.56. The Hall–Kier alpha value is -2.05. The van der Waals surface area contributed by atoms with Crippen LogP contribution in [0.1, 0.15) is 5.56 Å². The van der Waals surface area contributed by atoms with Crippen LogP contribution in [-0.2, 0) is 16.4 Å². The van der Waals surface area contributed by atoms with E-state index < -0.39 is 9.84 Å². The summed E-state index contributed by atoms with van der Waals surface area (Å²) >= 11 is 0. The minimum absolute atomic E-state index is 0.115. The molecular formula is C14H13NO4S. The maximum Gasteiger partial charge on any atom is 0.231 e. The van der Waals surface area contributed by atoms with Gasteiger partial charge >= 0.3 is 0 Å². The quantitative estimate of drug-likeness (QED) is 0.931. The smallest absolute Gasteiger partial charge is 0.231 e. The molecule has 0 radical (unpaired) electrons. The van der Waals surface area contributed by atoms with Gasteiger partial charge in [-0.25, -0.2) is 8.42 Å². The number of ether oxygens (including phenoxy) is 2. The van der Waals surface area contributed by atoms with Gasteiger partial charge in [-0.15, -0.1) is 0 Å². The molecule has 0 atom stereocenters. The summed E-state index contributed by atoms with van der Waals surface area (Å²) in [6.45, 7) is 0.494. The van der Waals surface area contributed by atoms with Crippen molar-refractivity contribution in [3.63, 3.8) is 0 Å². The van der Waals surface area contributed by atoms with Crippen molar-refractivity contribution in [2.75, 3.05) is 6.79 Å². The molecule has 20 heavy (non-hydrogen) atoms. The third kappa shape index (κ3) is 2.13. The Bertz CT molecular complexity index is 738. The molecule has 1 heterocycles. The summed E-state index contributed by atoms with van der Waals surface area (Å²) in [7, 11) is -3.56. The number of hydrogen-bond acceptors (Lipinski definition) is 5. The van der Waals surface area contributed by atoms with E-state index in [9.17, 15) is 8.42 Å². The zero-order valence-corrected chi connectivity index (χ0v) is 11.4. The van der Waals surface area contributed by atoms with Crippen molar-refractivity contribution in [3.8, 4) is 11.5 Å². The van der Waals surface area contributed by atoms with Gasteiger partial charge < -0.3 is 15.2 Å². The van der Waals surface area contributed by atoms with Gasteiger partial charge in [0.05, 0.1) is 9.79 Å². The lowest BCUT2D eigenvalue weighted by molar-refractivity contribution is 0.174. The number of sulfone groups is 1. The maximum absolute atomic E-state index is 12.5. The molecule has 1 aliphatic heterocycles. The molecule has 104 valence electrons. The predicted molar refractivity (Wildman–Crippen MR) is 72.4 cm³/mol. The summed E-state index contributed by atoms with van der Waals surface area (Å²) in [6.07, 6.45) is 0. The van der Waals surface area contributed by atoms with Crippen molar-refractivity contribution in [3.05, 3.63) is 48.0 Å². The molecule has 0 unspecified atom stereocenters. The van der Waals surface area contributed by atoms with E-state index >= 15 is 0 Å². The van der Waals surface area contributed by atoms with Crippen molar-refractivity contribution in [1.82, 2.24) is 0 Å². The molecule has 0 amide bonds. The molecule has 0 spiro atoms. The second kappa shape index (κ2) is 4.81. The van der Waals surface area contributed by atoms with Gasteiger partial charge in [0, 0.05) is 12.6 Å². The van der Waals surface area contributed by atoms with E-state index in [1.165, 1.54) is 12.1 Å². The summed E-state index contributed by atoms with van der Waals surface area (Å²) in [5.74, 6) is 1.01. The summed E-state index contributed by atoms with van der Waals surface area (Å²) in [6, 6.07) is 11.1. The first-order valence-electron chi connectivity index (χ1n) is 6.05.